The molecule has 0 fully saturated rings. The Bertz CT molecular complexity index is 278. The van der Waals surface area contributed by atoms with Crippen molar-refractivity contribution in [3.8, 4) is 0 Å². The van der Waals surface area contributed by atoms with E-state index in [2.05, 4.69) is 13.8 Å². The predicted octanol–water partition coefficient (Wildman–Crippen LogP) is 3.88. The molecule has 0 aromatic rings. The molecule has 0 aliphatic carbocycles. The molecule has 0 aromatic carbocycles. The summed E-state index contributed by atoms with van der Waals surface area (Å²) >= 11 is 1.83. The van der Waals surface area contributed by atoms with E-state index in [1.165, 1.54) is 17.7 Å². The van der Waals surface area contributed by atoms with Crippen LogP contribution in [0.5, 0.6) is 0 Å². The van der Waals surface area contributed by atoms with Crippen LogP contribution < -0.4 is 0 Å². The van der Waals surface area contributed by atoms with Crippen LogP contribution in [-0.2, 0) is 14.3 Å². The smallest absolute Gasteiger partial charge is 0.266 e. The zero-order valence-electron chi connectivity index (χ0n) is 11.4. The van der Waals surface area contributed by atoms with Gasteiger partial charge in [-0.1, -0.05) is 26.7 Å². The molecule has 4 heteroatoms. The van der Waals surface area contributed by atoms with Crippen molar-refractivity contribution in [1.82, 2.24) is 0 Å². The van der Waals surface area contributed by atoms with Crippen LogP contribution in [0.4, 0.5) is 0 Å². The number of rotatable bonds is 9. The van der Waals surface area contributed by atoms with Gasteiger partial charge in [-0.05, 0) is 25.0 Å². The van der Waals surface area contributed by atoms with Crippen molar-refractivity contribution in [3.63, 3.8) is 0 Å². The second-order valence-electron chi connectivity index (χ2n) is 4.54. The highest BCUT2D eigenvalue weighted by Crippen LogP contribution is 2.33. The Balaban J connectivity index is 2.39. The number of hydrogen-bond donors (Lipinski definition) is 0. The van der Waals surface area contributed by atoms with Crippen LogP contribution in [-0.4, -0.2) is 24.4 Å². The summed E-state index contributed by atoms with van der Waals surface area (Å²) < 4.78 is 11.1. The fourth-order valence-electron chi connectivity index (χ4n) is 1.65. The van der Waals surface area contributed by atoms with E-state index in [-0.39, 0.29) is 0 Å². The molecule has 1 aliphatic heterocycles. The fraction of sp³-hybridized carbons (Fsp3) is 0.786. The highest BCUT2D eigenvalue weighted by molar-refractivity contribution is 8.03. The maximum absolute atomic E-state index is 11.2. The Morgan fingerprint density at radius 1 is 1.44 bits per heavy atom. The zero-order valence-corrected chi connectivity index (χ0v) is 12.3. The van der Waals surface area contributed by atoms with E-state index in [1.807, 2.05) is 11.8 Å². The van der Waals surface area contributed by atoms with Crippen molar-refractivity contribution in [1.29, 1.82) is 0 Å². The average Bonchev–Trinajstić information content (AvgIpc) is 2.41. The molecule has 1 aliphatic rings. The molecule has 18 heavy (non-hydrogen) atoms. The second kappa shape index (κ2) is 8.59. The van der Waals surface area contributed by atoms with Crippen LogP contribution in [0.2, 0.25) is 0 Å². The minimum absolute atomic E-state index is 0.585. The van der Waals surface area contributed by atoms with Crippen molar-refractivity contribution >= 4 is 18.0 Å². The van der Waals surface area contributed by atoms with Gasteiger partial charge >= 0.3 is 0 Å². The number of allylic oxidation sites excluding steroid dienone is 1. The first kappa shape index (κ1) is 15.6. The van der Waals surface area contributed by atoms with Crippen molar-refractivity contribution in [2.24, 2.45) is 0 Å². The van der Waals surface area contributed by atoms with Crippen molar-refractivity contribution in [3.05, 3.63) is 11.2 Å². The van der Waals surface area contributed by atoms with Gasteiger partial charge in [0.25, 0.3) is 5.79 Å². The van der Waals surface area contributed by atoms with Gasteiger partial charge in [-0.15, -0.1) is 11.8 Å². The highest BCUT2D eigenvalue weighted by atomic mass is 32.2. The minimum atomic E-state index is -1.02. The molecule has 0 aromatic heterocycles. The van der Waals surface area contributed by atoms with Crippen molar-refractivity contribution in [2.45, 2.75) is 58.2 Å². The molecule has 0 spiro atoms. The lowest BCUT2D eigenvalue weighted by Gasteiger charge is -2.31. The second-order valence-corrected chi connectivity index (χ2v) is 5.76. The van der Waals surface area contributed by atoms with E-state index in [0.29, 0.717) is 13.0 Å². The third-order valence-corrected chi connectivity index (χ3v) is 4.08. The maximum atomic E-state index is 11.2. The Labute approximate surface area is 114 Å². The lowest BCUT2D eigenvalue weighted by molar-refractivity contribution is -0.203. The van der Waals surface area contributed by atoms with Crippen LogP contribution in [0.25, 0.3) is 0 Å². The van der Waals surface area contributed by atoms with Crippen LogP contribution in [0, 0.1) is 0 Å². The molecule has 0 saturated carbocycles. The molecule has 0 bridgehead atoms. The van der Waals surface area contributed by atoms with Gasteiger partial charge in [-0.25, -0.2) is 0 Å². The summed E-state index contributed by atoms with van der Waals surface area (Å²) in [4.78, 5) is 12.4. The third-order valence-electron chi connectivity index (χ3n) is 2.92. The van der Waals surface area contributed by atoms with Gasteiger partial charge in [-0.2, -0.15) is 0 Å². The number of hydrogen-bond acceptors (Lipinski definition) is 4. The summed E-state index contributed by atoms with van der Waals surface area (Å²) in [6, 6.07) is 0. The van der Waals surface area contributed by atoms with E-state index in [1.54, 1.807) is 6.26 Å². The first-order chi connectivity index (χ1) is 8.76. The number of carbonyl (C=O) groups is 1. The molecule has 104 valence electrons. The van der Waals surface area contributed by atoms with E-state index >= 15 is 0 Å². The molecule has 0 saturated heterocycles. The van der Waals surface area contributed by atoms with Crippen LogP contribution in [0.3, 0.4) is 0 Å². The lowest BCUT2D eigenvalue weighted by atomic mass is 10.1. The van der Waals surface area contributed by atoms with E-state index < -0.39 is 5.79 Å². The fourth-order valence-corrected chi connectivity index (χ4v) is 2.71. The third kappa shape index (κ3) is 5.02. The van der Waals surface area contributed by atoms with Gasteiger partial charge in [0.2, 0.25) is 0 Å². The van der Waals surface area contributed by atoms with Gasteiger partial charge in [0.1, 0.15) is 0 Å². The molecule has 1 unspecified atom stereocenters. The van der Waals surface area contributed by atoms with Crippen LogP contribution in [0.15, 0.2) is 11.2 Å². The normalized spacial score (nSPS) is 23.3. The summed E-state index contributed by atoms with van der Waals surface area (Å²) in [5, 5.41) is 0. The number of ether oxygens (including phenoxy) is 2. The molecular formula is C14H24O3S. The molecule has 1 rings (SSSR count). The zero-order chi connectivity index (χ0) is 13.3. The van der Waals surface area contributed by atoms with E-state index in [9.17, 15) is 4.79 Å². The number of carbonyl (C=O) groups excluding carboxylic acids is 1. The van der Waals surface area contributed by atoms with Crippen LogP contribution in [0.1, 0.15) is 52.4 Å². The van der Waals surface area contributed by atoms with Gasteiger partial charge in [0.05, 0.1) is 12.9 Å². The van der Waals surface area contributed by atoms with Gasteiger partial charge < -0.3 is 9.47 Å². The molecule has 3 nitrogen and oxygen atoms in total. The molecule has 1 atom stereocenters. The monoisotopic (exact) mass is 272 g/mol. The van der Waals surface area contributed by atoms with Crippen molar-refractivity contribution in [2.75, 3.05) is 12.4 Å². The summed E-state index contributed by atoms with van der Waals surface area (Å²) in [6.07, 6.45) is 8.46. The average molecular weight is 272 g/mol. The SMILES string of the molecule is CCCCOC1(C=O)CCC(SCCCC)=CO1. The minimum Gasteiger partial charge on any atom is -0.462 e. The maximum Gasteiger partial charge on any atom is 0.266 e. The Hall–Kier alpha value is -0.480. The van der Waals surface area contributed by atoms with E-state index in [0.717, 1.165) is 31.3 Å². The van der Waals surface area contributed by atoms with Gasteiger partial charge in [0.15, 0.2) is 6.29 Å². The molecule has 0 N–H and O–H groups in total. The molecular weight excluding hydrogens is 248 g/mol. The first-order valence-electron chi connectivity index (χ1n) is 6.86. The summed E-state index contributed by atoms with van der Waals surface area (Å²) in [5.41, 5.74) is 0. The first-order valence-corrected chi connectivity index (χ1v) is 7.85. The molecule has 0 amide bonds. The van der Waals surface area contributed by atoms with E-state index in [4.69, 9.17) is 9.47 Å². The summed E-state index contributed by atoms with van der Waals surface area (Å²) in [7, 11) is 0. The van der Waals surface area contributed by atoms with Crippen molar-refractivity contribution < 1.29 is 14.3 Å². The topological polar surface area (TPSA) is 35.5 Å². The summed E-state index contributed by atoms with van der Waals surface area (Å²) in [5.74, 6) is 0.0977. The van der Waals surface area contributed by atoms with Crippen LogP contribution >= 0.6 is 11.8 Å². The largest absolute Gasteiger partial charge is 0.462 e. The Morgan fingerprint density at radius 3 is 2.78 bits per heavy atom. The Kier molecular flexibility index (Phi) is 7.44. The Morgan fingerprint density at radius 2 is 2.22 bits per heavy atom. The van der Waals surface area contributed by atoms with Gasteiger partial charge in [0, 0.05) is 11.3 Å². The number of thioether (sulfide) groups is 1. The van der Waals surface area contributed by atoms with Gasteiger partial charge in [-0.3, -0.25) is 4.79 Å². The standard InChI is InChI=1S/C14H24O3S/c1-3-5-9-16-14(12-15)8-7-13(11-17-14)18-10-6-4-2/h11-12H,3-10H2,1-2H3. The predicted molar refractivity (Wildman–Crippen MR) is 75.4 cm³/mol. The number of aldehydes is 1. The molecule has 1 heterocycles. The summed E-state index contributed by atoms with van der Waals surface area (Å²) in [6.45, 7) is 4.87. The highest BCUT2D eigenvalue weighted by Gasteiger charge is 2.34. The quantitative estimate of drug-likeness (QED) is 0.471. The molecule has 0 radical (unpaired) electrons. The lowest BCUT2D eigenvalue weighted by Crippen LogP contribution is -2.38. The number of unbranched alkanes of at least 4 members (excludes halogenated alkanes) is 2.